The summed E-state index contributed by atoms with van der Waals surface area (Å²) in [5.74, 6) is 1.56. The van der Waals surface area contributed by atoms with Crippen LogP contribution in [0, 0.1) is 0 Å². The van der Waals surface area contributed by atoms with Crippen molar-refractivity contribution < 1.29 is 9.47 Å². The SMILES string of the molecule is COc1ccc(OC)c2sc(CN)nc12. The molecule has 0 saturated heterocycles. The predicted molar refractivity (Wildman–Crippen MR) is 60.6 cm³/mol. The minimum Gasteiger partial charge on any atom is -0.495 e. The van der Waals surface area contributed by atoms with Crippen LogP contribution in [-0.2, 0) is 6.54 Å². The molecule has 0 radical (unpaired) electrons. The molecule has 0 atom stereocenters. The number of methoxy groups -OCH3 is 2. The lowest BCUT2D eigenvalue weighted by molar-refractivity contribution is 0.410. The highest BCUT2D eigenvalue weighted by Crippen LogP contribution is 2.36. The molecule has 0 aliphatic rings. The summed E-state index contributed by atoms with van der Waals surface area (Å²) in [5, 5.41) is 0.882. The van der Waals surface area contributed by atoms with Crippen LogP contribution in [0.4, 0.5) is 0 Å². The summed E-state index contributed by atoms with van der Waals surface area (Å²) in [5.41, 5.74) is 6.38. The van der Waals surface area contributed by atoms with Crippen molar-refractivity contribution in [1.82, 2.24) is 4.98 Å². The second kappa shape index (κ2) is 4.04. The average Bonchev–Trinajstić information content (AvgIpc) is 2.71. The number of benzene rings is 1. The summed E-state index contributed by atoms with van der Waals surface area (Å²) in [6.45, 7) is 0.436. The summed E-state index contributed by atoms with van der Waals surface area (Å²) in [4.78, 5) is 4.40. The van der Waals surface area contributed by atoms with Gasteiger partial charge in [0.1, 0.15) is 26.7 Å². The molecule has 4 nitrogen and oxygen atoms in total. The molecule has 0 bridgehead atoms. The zero-order valence-electron chi connectivity index (χ0n) is 8.61. The van der Waals surface area contributed by atoms with Gasteiger partial charge in [-0.05, 0) is 12.1 Å². The van der Waals surface area contributed by atoms with Gasteiger partial charge in [0.05, 0.1) is 14.2 Å². The van der Waals surface area contributed by atoms with Crippen LogP contribution < -0.4 is 15.2 Å². The monoisotopic (exact) mass is 224 g/mol. The number of fused-ring (bicyclic) bond motifs is 1. The summed E-state index contributed by atoms with van der Waals surface area (Å²) < 4.78 is 11.5. The number of aromatic nitrogens is 1. The van der Waals surface area contributed by atoms with E-state index >= 15 is 0 Å². The van der Waals surface area contributed by atoms with Crippen LogP contribution in [0.15, 0.2) is 12.1 Å². The largest absolute Gasteiger partial charge is 0.495 e. The molecule has 0 fully saturated rings. The third kappa shape index (κ3) is 1.64. The highest BCUT2D eigenvalue weighted by atomic mass is 32.1. The van der Waals surface area contributed by atoms with Gasteiger partial charge in [-0.15, -0.1) is 11.3 Å². The Kier molecular flexibility index (Phi) is 2.75. The zero-order valence-corrected chi connectivity index (χ0v) is 9.43. The van der Waals surface area contributed by atoms with Gasteiger partial charge in [0, 0.05) is 6.54 Å². The van der Waals surface area contributed by atoms with Crippen molar-refractivity contribution in [3.63, 3.8) is 0 Å². The maximum Gasteiger partial charge on any atom is 0.146 e. The molecule has 2 N–H and O–H groups in total. The Balaban J connectivity index is 2.71. The minimum absolute atomic E-state index is 0.436. The second-order valence-electron chi connectivity index (χ2n) is 2.96. The van der Waals surface area contributed by atoms with Gasteiger partial charge in [-0.3, -0.25) is 0 Å². The number of hydrogen-bond donors (Lipinski definition) is 1. The van der Waals surface area contributed by atoms with E-state index in [1.54, 1.807) is 14.2 Å². The fourth-order valence-corrected chi connectivity index (χ4v) is 2.37. The molecular formula is C10H12N2O2S. The predicted octanol–water partition coefficient (Wildman–Crippen LogP) is 1.77. The first-order valence-electron chi connectivity index (χ1n) is 4.50. The number of thiazole rings is 1. The number of ether oxygens (including phenoxy) is 2. The van der Waals surface area contributed by atoms with Crippen molar-refractivity contribution in [3.8, 4) is 11.5 Å². The Labute approximate surface area is 91.6 Å². The lowest BCUT2D eigenvalue weighted by atomic mass is 10.3. The summed E-state index contributed by atoms with van der Waals surface area (Å²) in [6.07, 6.45) is 0. The van der Waals surface area contributed by atoms with Crippen LogP contribution in [-0.4, -0.2) is 19.2 Å². The van der Waals surface area contributed by atoms with Crippen molar-refractivity contribution >= 4 is 21.6 Å². The van der Waals surface area contributed by atoms with Crippen LogP contribution in [0.5, 0.6) is 11.5 Å². The average molecular weight is 224 g/mol. The first kappa shape index (κ1) is 10.2. The Morgan fingerprint density at radius 3 is 2.53 bits per heavy atom. The fraction of sp³-hybridized carbons (Fsp3) is 0.300. The van der Waals surface area contributed by atoms with Crippen molar-refractivity contribution in [1.29, 1.82) is 0 Å². The molecular weight excluding hydrogens is 212 g/mol. The normalized spacial score (nSPS) is 10.6. The van der Waals surface area contributed by atoms with E-state index in [-0.39, 0.29) is 0 Å². The molecule has 0 spiro atoms. The van der Waals surface area contributed by atoms with Crippen LogP contribution in [0.25, 0.3) is 10.2 Å². The quantitative estimate of drug-likeness (QED) is 0.863. The van der Waals surface area contributed by atoms with Crippen LogP contribution >= 0.6 is 11.3 Å². The lowest BCUT2D eigenvalue weighted by Gasteiger charge is -2.03. The van der Waals surface area contributed by atoms with E-state index in [1.807, 2.05) is 12.1 Å². The molecule has 2 aromatic rings. The van der Waals surface area contributed by atoms with E-state index in [0.29, 0.717) is 6.54 Å². The Morgan fingerprint density at radius 1 is 1.27 bits per heavy atom. The van der Waals surface area contributed by atoms with Gasteiger partial charge < -0.3 is 15.2 Å². The van der Waals surface area contributed by atoms with Gasteiger partial charge in [0.2, 0.25) is 0 Å². The van der Waals surface area contributed by atoms with E-state index in [1.165, 1.54) is 11.3 Å². The molecule has 0 amide bonds. The molecule has 0 aliphatic carbocycles. The molecule has 0 unspecified atom stereocenters. The van der Waals surface area contributed by atoms with Gasteiger partial charge in [-0.25, -0.2) is 4.98 Å². The molecule has 1 aromatic heterocycles. The standard InChI is InChI=1S/C10H12N2O2S/c1-13-6-3-4-7(14-2)10-9(6)12-8(5-11)15-10/h3-4H,5,11H2,1-2H3. The van der Waals surface area contributed by atoms with Gasteiger partial charge in [-0.2, -0.15) is 0 Å². The van der Waals surface area contributed by atoms with E-state index in [2.05, 4.69) is 4.98 Å². The van der Waals surface area contributed by atoms with E-state index < -0.39 is 0 Å². The van der Waals surface area contributed by atoms with Crippen molar-refractivity contribution in [3.05, 3.63) is 17.1 Å². The number of nitrogens with zero attached hydrogens (tertiary/aromatic N) is 1. The van der Waals surface area contributed by atoms with E-state index in [4.69, 9.17) is 15.2 Å². The summed E-state index contributed by atoms with van der Waals surface area (Å²) >= 11 is 1.54. The Morgan fingerprint density at radius 2 is 1.93 bits per heavy atom. The molecule has 15 heavy (non-hydrogen) atoms. The van der Waals surface area contributed by atoms with Gasteiger partial charge in [-0.1, -0.05) is 0 Å². The minimum atomic E-state index is 0.436. The highest BCUT2D eigenvalue weighted by Gasteiger charge is 2.12. The third-order valence-electron chi connectivity index (χ3n) is 2.13. The van der Waals surface area contributed by atoms with E-state index in [9.17, 15) is 0 Å². The fourth-order valence-electron chi connectivity index (χ4n) is 1.42. The summed E-state index contributed by atoms with van der Waals surface area (Å²) in [6, 6.07) is 3.72. The molecule has 2 rings (SSSR count). The summed E-state index contributed by atoms with van der Waals surface area (Å²) in [7, 11) is 3.27. The molecule has 5 heteroatoms. The lowest BCUT2D eigenvalue weighted by Crippen LogP contribution is -1.94. The van der Waals surface area contributed by atoms with Gasteiger partial charge in [0.25, 0.3) is 0 Å². The third-order valence-corrected chi connectivity index (χ3v) is 3.22. The maximum absolute atomic E-state index is 5.56. The van der Waals surface area contributed by atoms with Crippen LogP contribution in [0.2, 0.25) is 0 Å². The molecule has 0 saturated carbocycles. The van der Waals surface area contributed by atoms with E-state index in [0.717, 1.165) is 26.7 Å². The smallest absolute Gasteiger partial charge is 0.146 e. The first-order chi connectivity index (χ1) is 7.30. The molecule has 1 heterocycles. The molecule has 1 aromatic carbocycles. The van der Waals surface area contributed by atoms with Gasteiger partial charge in [0.15, 0.2) is 0 Å². The Hall–Kier alpha value is -1.33. The number of rotatable bonds is 3. The first-order valence-corrected chi connectivity index (χ1v) is 5.32. The van der Waals surface area contributed by atoms with Crippen molar-refractivity contribution in [2.75, 3.05) is 14.2 Å². The van der Waals surface area contributed by atoms with Crippen LogP contribution in [0.1, 0.15) is 5.01 Å². The molecule has 0 aliphatic heterocycles. The molecule has 80 valence electrons. The second-order valence-corrected chi connectivity index (χ2v) is 4.04. The maximum atomic E-state index is 5.56. The highest BCUT2D eigenvalue weighted by molar-refractivity contribution is 7.19. The Bertz CT molecular complexity index is 440. The number of hydrogen-bond acceptors (Lipinski definition) is 5. The number of nitrogens with two attached hydrogens (primary N) is 1. The van der Waals surface area contributed by atoms with Crippen molar-refractivity contribution in [2.24, 2.45) is 5.73 Å². The topological polar surface area (TPSA) is 57.4 Å². The van der Waals surface area contributed by atoms with Gasteiger partial charge >= 0.3 is 0 Å². The van der Waals surface area contributed by atoms with Crippen LogP contribution in [0.3, 0.4) is 0 Å². The van der Waals surface area contributed by atoms with Crippen molar-refractivity contribution in [2.45, 2.75) is 6.54 Å². The zero-order chi connectivity index (χ0) is 10.8.